The molecule has 9 aromatic carbocycles. The molecule has 0 saturated carbocycles. The molecule has 0 fully saturated rings. The fraction of sp³-hybridized carbons (Fsp3) is 0. The fourth-order valence-corrected chi connectivity index (χ4v) is 9.23. The zero-order valence-electron chi connectivity index (χ0n) is 30.8. The zero-order chi connectivity index (χ0) is 37.5. The van der Waals surface area contributed by atoms with Gasteiger partial charge in [-0.2, -0.15) is 9.97 Å². The molecule has 0 unspecified atom stereocenters. The van der Waals surface area contributed by atoms with Gasteiger partial charge >= 0.3 is 0 Å². The van der Waals surface area contributed by atoms with Crippen molar-refractivity contribution in [3.8, 4) is 73.2 Å². The molecular weight excluding hydrogens is 693 g/mol. The summed E-state index contributed by atoms with van der Waals surface area (Å²) in [5.41, 5.74) is 14.0. The Balaban J connectivity index is 1.24. The highest BCUT2D eigenvalue weighted by atomic mass is 15.2. The van der Waals surface area contributed by atoms with E-state index in [0.717, 1.165) is 38.3 Å². The van der Waals surface area contributed by atoms with Crippen LogP contribution in [0.3, 0.4) is 0 Å². The van der Waals surface area contributed by atoms with Gasteiger partial charge in [0.2, 0.25) is 5.95 Å². The van der Waals surface area contributed by atoms with Crippen LogP contribution in [-0.2, 0) is 0 Å². The Bertz CT molecular complexity index is 3310. The Labute approximate surface area is 329 Å². The summed E-state index contributed by atoms with van der Waals surface area (Å²) in [4.78, 5) is 15.6. The van der Waals surface area contributed by atoms with E-state index in [0.29, 0.717) is 17.6 Å². The molecule has 57 heavy (non-hydrogen) atoms. The average molecular weight is 725 g/mol. The Morgan fingerprint density at radius 2 is 0.772 bits per heavy atom. The normalized spacial score (nSPS) is 11.9. The first-order valence-electron chi connectivity index (χ1n) is 19.4. The molecular formula is C53H32N4. The van der Waals surface area contributed by atoms with Gasteiger partial charge in [-0.05, 0) is 72.8 Å². The highest BCUT2D eigenvalue weighted by Gasteiger charge is 2.32. The van der Waals surface area contributed by atoms with E-state index in [9.17, 15) is 0 Å². The summed E-state index contributed by atoms with van der Waals surface area (Å²) in [6.07, 6.45) is 0. The number of hydrogen-bond donors (Lipinski definition) is 0. The number of nitrogens with zero attached hydrogens (tertiary/aromatic N) is 4. The molecule has 0 aliphatic heterocycles. The summed E-state index contributed by atoms with van der Waals surface area (Å²) >= 11 is 0. The summed E-state index contributed by atoms with van der Waals surface area (Å²) in [7, 11) is 0. The number of para-hydroxylation sites is 1. The van der Waals surface area contributed by atoms with E-state index in [-0.39, 0.29) is 0 Å². The van der Waals surface area contributed by atoms with Crippen molar-refractivity contribution in [2.24, 2.45) is 0 Å². The molecule has 1 aliphatic rings. The highest BCUT2D eigenvalue weighted by molar-refractivity contribution is 6.32. The first kappa shape index (κ1) is 31.6. The molecule has 0 atom stereocenters. The van der Waals surface area contributed by atoms with Crippen molar-refractivity contribution in [3.63, 3.8) is 0 Å². The third kappa shape index (κ3) is 4.71. The summed E-state index contributed by atoms with van der Waals surface area (Å²) in [6, 6.07) is 69.1. The van der Waals surface area contributed by atoms with Gasteiger partial charge in [-0.1, -0.05) is 182 Å². The predicted molar refractivity (Wildman–Crippen MR) is 235 cm³/mol. The lowest BCUT2D eigenvalue weighted by Gasteiger charge is -2.20. The molecule has 4 nitrogen and oxygen atoms in total. The summed E-state index contributed by atoms with van der Waals surface area (Å²) < 4.78 is 2.27. The van der Waals surface area contributed by atoms with Crippen LogP contribution < -0.4 is 0 Å². The first-order valence-corrected chi connectivity index (χ1v) is 19.4. The lowest BCUT2D eigenvalue weighted by Crippen LogP contribution is -2.06. The largest absolute Gasteiger partial charge is 0.277 e. The van der Waals surface area contributed by atoms with Gasteiger partial charge in [-0.25, -0.2) is 4.98 Å². The van der Waals surface area contributed by atoms with Gasteiger partial charge in [0.1, 0.15) is 0 Å². The van der Waals surface area contributed by atoms with Crippen LogP contribution in [-0.4, -0.2) is 19.5 Å². The van der Waals surface area contributed by atoms with E-state index in [1.165, 1.54) is 60.7 Å². The van der Waals surface area contributed by atoms with Crippen LogP contribution >= 0.6 is 0 Å². The molecule has 2 heterocycles. The molecule has 0 spiro atoms. The molecule has 1 aliphatic carbocycles. The first-order chi connectivity index (χ1) is 28.3. The second-order valence-electron chi connectivity index (χ2n) is 14.7. The van der Waals surface area contributed by atoms with Crippen LogP contribution in [0.25, 0.3) is 117 Å². The molecule has 11 aromatic rings. The van der Waals surface area contributed by atoms with Gasteiger partial charge in [-0.3, -0.25) is 4.57 Å². The lowest BCUT2D eigenvalue weighted by molar-refractivity contribution is 0.955. The van der Waals surface area contributed by atoms with E-state index in [1.54, 1.807) is 0 Å². The quantitative estimate of drug-likeness (QED) is 0.177. The van der Waals surface area contributed by atoms with Crippen LogP contribution in [0.1, 0.15) is 0 Å². The van der Waals surface area contributed by atoms with E-state index in [2.05, 4.69) is 162 Å². The minimum absolute atomic E-state index is 0.589. The summed E-state index contributed by atoms with van der Waals surface area (Å²) in [5.74, 6) is 1.86. The maximum atomic E-state index is 5.26. The standard InChI is InChI=1S/C53H32N4/c1-5-18-33(19-6-1)45-38-27-13-14-28-39(38)46(34-20-7-2-8-21-34)49-43-32-42-37-26-15-16-31-44(37)57(50(42)41-30-17-29-40(47(41)43)48(45)49)53-55-51(35-22-9-3-10-23-35)54-52(56-53)36-24-11-4-12-25-36/h1-32H. The molecule has 0 radical (unpaired) electrons. The van der Waals surface area contributed by atoms with E-state index in [4.69, 9.17) is 15.0 Å². The van der Waals surface area contributed by atoms with Gasteiger partial charge in [0.15, 0.2) is 11.6 Å². The second kappa shape index (κ2) is 12.4. The third-order valence-electron chi connectivity index (χ3n) is 11.6. The maximum Gasteiger partial charge on any atom is 0.238 e. The topological polar surface area (TPSA) is 43.6 Å². The predicted octanol–water partition coefficient (Wildman–Crippen LogP) is 13.6. The fourth-order valence-electron chi connectivity index (χ4n) is 9.23. The summed E-state index contributed by atoms with van der Waals surface area (Å²) in [5, 5.41) is 7.22. The Kier molecular flexibility index (Phi) is 6.89. The second-order valence-corrected chi connectivity index (χ2v) is 14.7. The zero-order valence-corrected chi connectivity index (χ0v) is 30.8. The number of benzene rings is 9. The number of aromatic nitrogens is 4. The highest BCUT2D eigenvalue weighted by Crippen LogP contribution is 2.59. The van der Waals surface area contributed by atoms with Crippen LogP contribution in [0, 0.1) is 0 Å². The Morgan fingerprint density at radius 3 is 1.33 bits per heavy atom. The van der Waals surface area contributed by atoms with Crippen molar-refractivity contribution in [3.05, 3.63) is 194 Å². The van der Waals surface area contributed by atoms with Crippen molar-refractivity contribution in [1.82, 2.24) is 19.5 Å². The van der Waals surface area contributed by atoms with E-state index in [1.807, 2.05) is 36.4 Å². The van der Waals surface area contributed by atoms with Crippen LogP contribution in [0.15, 0.2) is 194 Å². The molecule has 0 bridgehead atoms. The molecule has 0 saturated heterocycles. The van der Waals surface area contributed by atoms with Gasteiger partial charge in [0.25, 0.3) is 0 Å². The van der Waals surface area contributed by atoms with Crippen LogP contribution in [0.4, 0.5) is 0 Å². The van der Waals surface area contributed by atoms with Gasteiger partial charge < -0.3 is 0 Å². The van der Waals surface area contributed by atoms with Crippen LogP contribution in [0.2, 0.25) is 0 Å². The molecule has 12 rings (SSSR count). The minimum atomic E-state index is 0.589. The molecule has 4 heteroatoms. The van der Waals surface area contributed by atoms with Crippen molar-refractivity contribution < 1.29 is 0 Å². The monoisotopic (exact) mass is 724 g/mol. The SMILES string of the molecule is c1ccc(-c2nc(-c3ccccc3)nc(-n3c4ccccc4c4cc5c6c(cccc6c43)-c3c-5c(-c4ccccc4)c4ccccc4c3-c3ccccc3)n2)cc1. The smallest absolute Gasteiger partial charge is 0.238 e. The lowest BCUT2D eigenvalue weighted by atomic mass is 9.82. The number of hydrogen-bond acceptors (Lipinski definition) is 3. The van der Waals surface area contributed by atoms with Crippen molar-refractivity contribution >= 4 is 43.4 Å². The van der Waals surface area contributed by atoms with Crippen molar-refractivity contribution in [1.29, 1.82) is 0 Å². The van der Waals surface area contributed by atoms with E-state index >= 15 is 0 Å². The van der Waals surface area contributed by atoms with Gasteiger partial charge in [0, 0.05) is 27.3 Å². The van der Waals surface area contributed by atoms with Gasteiger partial charge in [-0.15, -0.1) is 0 Å². The van der Waals surface area contributed by atoms with Crippen molar-refractivity contribution in [2.75, 3.05) is 0 Å². The number of fused-ring (bicyclic) bond motifs is 8. The van der Waals surface area contributed by atoms with Gasteiger partial charge in [0.05, 0.1) is 11.0 Å². The molecule has 0 N–H and O–H groups in total. The molecule has 0 amide bonds. The average Bonchev–Trinajstić information content (AvgIpc) is 3.80. The Morgan fingerprint density at radius 1 is 0.316 bits per heavy atom. The Hall–Kier alpha value is -7.69. The minimum Gasteiger partial charge on any atom is -0.277 e. The maximum absolute atomic E-state index is 5.26. The van der Waals surface area contributed by atoms with E-state index < -0.39 is 0 Å². The third-order valence-corrected chi connectivity index (χ3v) is 11.6. The molecule has 2 aromatic heterocycles. The number of rotatable bonds is 5. The molecule has 264 valence electrons. The van der Waals surface area contributed by atoms with Crippen LogP contribution in [0.5, 0.6) is 0 Å². The summed E-state index contributed by atoms with van der Waals surface area (Å²) in [6.45, 7) is 0. The van der Waals surface area contributed by atoms with Crippen molar-refractivity contribution in [2.45, 2.75) is 0 Å².